The number of fused-ring (bicyclic) bond motifs is 2. The fourth-order valence-corrected chi connectivity index (χ4v) is 2.93. The maximum atomic E-state index is 3.53. The minimum Gasteiger partial charge on any atom is -1.00 e. The predicted octanol–water partition coefficient (Wildman–Crippen LogP) is -1.41. The smallest absolute Gasteiger partial charge is 0.0980 e. The lowest BCUT2D eigenvalue weighted by atomic mass is 9.85. The van der Waals surface area contributed by atoms with Crippen LogP contribution in [0, 0.1) is 5.92 Å². The van der Waals surface area contributed by atoms with E-state index in [0.29, 0.717) is 0 Å². The van der Waals surface area contributed by atoms with Crippen molar-refractivity contribution >= 4 is 22.0 Å². The van der Waals surface area contributed by atoms with Crippen molar-refractivity contribution in [3.63, 3.8) is 0 Å². The monoisotopic (exact) mass is 329 g/mol. The van der Waals surface area contributed by atoms with Crippen LogP contribution in [0.4, 0.5) is 0 Å². The van der Waals surface area contributed by atoms with Gasteiger partial charge in [-0.2, -0.15) is 0 Å². The van der Waals surface area contributed by atoms with Crippen molar-refractivity contribution in [1.82, 2.24) is 0 Å². The molecule has 0 spiro atoms. The van der Waals surface area contributed by atoms with E-state index in [1.807, 2.05) is 0 Å². The molecular weight excluding hydrogens is 318 g/mol. The van der Waals surface area contributed by atoms with Gasteiger partial charge in [-0.1, -0.05) is 22.0 Å². The molecule has 1 aromatic rings. The van der Waals surface area contributed by atoms with Crippen molar-refractivity contribution in [2.24, 2.45) is 5.92 Å². The average molecular weight is 331 g/mol. The summed E-state index contributed by atoms with van der Waals surface area (Å²) >= 11 is 3.53. The van der Waals surface area contributed by atoms with Gasteiger partial charge >= 0.3 is 0 Å². The number of rotatable bonds is 0. The summed E-state index contributed by atoms with van der Waals surface area (Å²) in [6.45, 7) is 2.48. The topological polar surface area (TPSA) is 16.6 Å². The molecule has 1 fully saturated rings. The lowest BCUT2D eigenvalue weighted by Crippen LogP contribution is -3.00. The Kier molecular flexibility index (Phi) is 3.33. The zero-order valence-electron chi connectivity index (χ0n) is 8.34. The summed E-state index contributed by atoms with van der Waals surface area (Å²) in [7, 11) is 0. The van der Waals surface area contributed by atoms with Crippen molar-refractivity contribution in [3.8, 4) is 0 Å². The van der Waals surface area contributed by atoms with E-state index in [4.69, 9.17) is 0 Å². The molecule has 80 valence electrons. The van der Waals surface area contributed by atoms with Gasteiger partial charge in [-0.15, -0.1) is 0 Å². The summed E-state index contributed by atoms with van der Waals surface area (Å²) in [5, 5.41) is 2.41. The second-order valence-electron chi connectivity index (χ2n) is 4.19. The molecule has 1 nitrogen and oxygen atoms in total. The Morgan fingerprint density at radius 1 is 1.33 bits per heavy atom. The Morgan fingerprint density at radius 3 is 3.07 bits per heavy atom. The number of benzene rings is 1. The Hall–Kier alpha value is -0.120. The third kappa shape index (κ3) is 2.05. The van der Waals surface area contributed by atoms with Crippen molar-refractivity contribution in [2.75, 3.05) is 13.1 Å². The Labute approximate surface area is 109 Å². The summed E-state index contributed by atoms with van der Waals surface area (Å²) in [5.41, 5.74) is 4.57. The third-order valence-corrected chi connectivity index (χ3v) is 3.76. The summed E-state index contributed by atoms with van der Waals surface area (Å²) in [6, 6.07) is 6.62. The molecule has 1 aliphatic heterocycles. The van der Waals surface area contributed by atoms with Gasteiger partial charge in [0.25, 0.3) is 0 Å². The molecule has 3 heteroatoms. The van der Waals surface area contributed by atoms with Crippen LogP contribution >= 0.6 is 15.9 Å². The molecule has 0 saturated carbocycles. The van der Waals surface area contributed by atoms with E-state index in [0.717, 1.165) is 5.92 Å². The maximum Gasteiger partial charge on any atom is 0.0980 e. The van der Waals surface area contributed by atoms with Crippen LogP contribution in [0.1, 0.15) is 11.1 Å². The second kappa shape index (κ2) is 4.40. The van der Waals surface area contributed by atoms with E-state index in [1.165, 1.54) is 35.1 Å². The minimum absolute atomic E-state index is 0. The fourth-order valence-electron chi connectivity index (χ4n) is 2.52. The van der Waals surface area contributed by atoms with Gasteiger partial charge in [0.05, 0.1) is 13.1 Å². The lowest BCUT2D eigenvalue weighted by molar-refractivity contribution is -0.635. The SMILES string of the molecule is Brc1ccc2c(c1)CC1C[NH2+]CC1=C2.[Br-]. The normalized spacial score (nSPS) is 22.5. The molecule has 1 aliphatic carbocycles. The van der Waals surface area contributed by atoms with Crippen molar-refractivity contribution < 1.29 is 22.3 Å². The first-order valence-electron chi connectivity index (χ1n) is 5.13. The van der Waals surface area contributed by atoms with Crippen LogP contribution in [0.25, 0.3) is 6.08 Å². The van der Waals surface area contributed by atoms with Crippen molar-refractivity contribution in [3.05, 3.63) is 39.4 Å². The van der Waals surface area contributed by atoms with E-state index in [9.17, 15) is 0 Å². The van der Waals surface area contributed by atoms with Crippen LogP contribution in [0.2, 0.25) is 0 Å². The number of halogens is 2. The molecule has 0 aromatic heterocycles. The molecule has 1 heterocycles. The highest BCUT2D eigenvalue weighted by Crippen LogP contribution is 2.30. The molecule has 1 atom stereocenters. The van der Waals surface area contributed by atoms with Crippen LogP contribution in [0.5, 0.6) is 0 Å². The largest absolute Gasteiger partial charge is 1.00 e. The lowest BCUT2D eigenvalue weighted by Gasteiger charge is -2.17. The first kappa shape index (κ1) is 11.4. The molecule has 2 aliphatic rings. The highest BCUT2D eigenvalue weighted by atomic mass is 79.9. The molecule has 3 rings (SSSR count). The number of hydrogen-bond acceptors (Lipinski definition) is 0. The molecule has 0 amide bonds. The number of quaternary nitrogens is 1. The number of hydrogen-bond donors (Lipinski definition) is 1. The van der Waals surface area contributed by atoms with Gasteiger partial charge in [0.15, 0.2) is 0 Å². The van der Waals surface area contributed by atoms with Gasteiger partial charge in [0.1, 0.15) is 0 Å². The molecule has 2 N–H and O–H groups in total. The van der Waals surface area contributed by atoms with Gasteiger partial charge < -0.3 is 22.3 Å². The van der Waals surface area contributed by atoms with E-state index in [2.05, 4.69) is 45.5 Å². The fraction of sp³-hybridized carbons (Fsp3) is 0.333. The van der Waals surface area contributed by atoms with Crippen molar-refractivity contribution in [2.45, 2.75) is 6.42 Å². The standard InChI is InChI=1S/C12H12BrN.BrH/c13-12-2-1-8-3-10-6-14-7-11(10)4-9(8)5-12;/h1-3,5,11,14H,4,6-7H2;1H. The van der Waals surface area contributed by atoms with Crippen LogP contribution in [0.15, 0.2) is 28.2 Å². The van der Waals surface area contributed by atoms with Gasteiger partial charge in [0.2, 0.25) is 0 Å². The molecular formula is C12H13Br2N. The van der Waals surface area contributed by atoms with Crippen LogP contribution in [-0.4, -0.2) is 13.1 Å². The zero-order valence-corrected chi connectivity index (χ0v) is 11.5. The molecule has 1 saturated heterocycles. The molecule has 0 bridgehead atoms. The van der Waals surface area contributed by atoms with E-state index < -0.39 is 0 Å². The number of nitrogens with two attached hydrogens (primary N) is 1. The van der Waals surface area contributed by atoms with E-state index in [1.54, 1.807) is 5.57 Å². The maximum absolute atomic E-state index is 3.53. The zero-order chi connectivity index (χ0) is 9.54. The molecule has 1 unspecified atom stereocenters. The first-order valence-corrected chi connectivity index (χ1v) is 5.93. The van der Waals surface area contributed by atoms with Gasteiger partial charge in [0, 0.05) is 10.4 Å². The van der Waals surface area contributed by atoms with Crippen LogP contribution < -0.4 is 22.3 Å². The second-order valence-corrected chi connectivity index (χ2v) is 5.11. The Balaban J connectivity index is 0.000000853. The molecule has 1 aromatic carbocycles. The predicted molar refractivity (Wildman–Crippen MR) is 61.0 cm³/mol. The van der Waals surface area contributed by atoms with Gasteiger partial charge in [-0.3, -0.25) is 0 Å². The summed E-state index contributed by atoms with van der Waals surface area (Å²) < 4.78 is 1.20. The summed E-state index contributed by atoms with van der Waals surface area (Å²) in [6.07, 6.45) is 3.62. The van der Waals surface area contributed by atoms with Crippen LogP contribution in [-0.2, 0) is 6.42 Å². The highest BCUT2D eigenvalue weighted by molar-refractivity contribution is 9.10. The van der Waals surface area contributed by atoms with Gasteiger partial charge in [-0.25, -0.2) is 0 Å². The summed E-state index contributed by atoms with van der Waals surface area (Å²) in [4.78, 5) is 0. The molecule has 0 radical (unpaired) electrons. The summed E-state index contributed by atoms with van der Waals surface area (Å²) in [5.74, 6) is 0.803. The first-order chi connectivity index (χ1) is 6.83. The van der Waals surface area contributed by atoms with Crippen LogP contribution in [0.3, 0.4) is 0 Å². The van der Waals surface area contributed by atoms with Gasteiger partial charge in [-0.05, 0) is 41.3 Å². The molecule has 15 heavy (non-hydrogen) atoms. The van der Waals surface area contributed by atoms with E-state index in [-0.39, 0.29) is 17.0 Å². The average Bonchev–Trinajstić information content (AvgIpc) is 2.61. The van der Waals surface area contributed by atoms with E-state index >= 15 is 0 Å². The highest BCUT2D eigenvalue weighted by Gasteiger charge is 2.28. The quantitative estimate of drug-likeness (QED) is 0.602. The minimum atomic E-state index is 0. The Bertz CT molecular complexity index is 412. The Morgan fingerprint density at radius 2 is 2.20 bits per heavy atom. The third-order valence-electron chi connectivity index (χ3n) is 3.27. The van der Waals surface area contributed by atoms with Crippen molar-refractivity contribution in [1.29, 1.82) is 0 Å².